The smallest absolute Gasteiger partial charge is 0.289 e. The van der Waals surface area contributed by atoms with E-state index in [1.165, 1.54) is 6.21 Å². The fourth-order valence-corrected chi connectivity index (χ4v) is 3.20. The Morgan fingerprint density at radius 3 is 2.50 bits per heavy atom. The van der Waals surface area contributed by atoms with Gasteiger partial charge in [-0.15, -0.1) is 0 Å². The van der Waals surface area contributed by atoms with E-state index in [1.807, 2.05) is 60.7 Å². The molecule has 4 rings (SSSR count). The van der Waals surface area contributed by atoms with Gasteiger partial charge in [0.15, 0.2) is 11.5 Å². The molecule has 0 saturated heterocycles. The summed E-state index contributed by atoms with van der Waals surface area (Å²) >= 11 is 0. The van der Waals surface area contributed by atoms with Crippen LogP contribution in [0.3, 0.4) is 0 Å². The van der Waals surface area contributed by atoms with Gasteiger partial charge in [0, 0.05) is 5.56 Å². The largest absolute Gasteiger partial charge is 0.497 e. The van der Waals surface area contributed by atoms with Crippen molar-refractivity contribution in [3.05, 3.63) is 95.7 Å². The summed E-state index contributed by atoms with van der Waals surface area (Å²) in [5.41, 5.74) is 6.10. The molecular formula is C26H24N4O4. The van der Waals surface area contributed by atoms with E-state index in [0.717, 1.165) is 22.4 Å². The Bertz CT molecular complexity index is 1270. The highest BCUT2D eigenvalue weighted by Gasteiger charge is 2.11. The number of benzene rings is 3. The van der Waals surface area contributed by atoms with Crippen molar-refractivity contribution in [3.63, 3.8) is 0 Å². The van der Waals surface area contributed by atoms with Crippen LogP contribution in [0.2, 0.25) is 0 Å². The molecule has 0 radical (unpaired) electrons. The third-order valence-corrected chi connectivity index (χ3v) is 5.01. The number of hydrogen-bond donors (Lipinski definition) is 2. The van der Waals surface area contributed by atoms with Gasteiger partial charge >= 0.3 is 0 Å². The first-order chi connectivity index (χ1) is 16.7. The van der Waals surface area contributed by atoms with Gasteiger partial charge in [-0.2, -0.15) is 10.2 Å². The van der Waals surface area contributed by atoms with Crippen LogP contribution in [0.25, 0.3) is 11.3 Å². The molecule has 4 aromatic rings. The first-order valence-electron chi connectivity index (χ1n) is 10.5. The molecule has 0 aliphatic rings. The molecule has 1 aromatic heterocycles. The molecule has 1 heterocycles. The van der Waals surface area contributed by atoms with Gasteiger partial charge in [-0.05, 0) is 59.7 Å². The molecule has 0 unspecified atom stereocenters. The van der Waals surface area contributed by atoms with E-state index in [0.29, 0.717) is 29.5 Å². The van der Waals surface area contributed by atoms with Gasteiger partial charge in [-0.25, -0.2) is 5.43 Å². The van der Waals surface area contributed by atoms with Crippen LogP contribution >= 0.6 is 0 Å². The molecule has 0 aliphatic carbocycles. The van der Waals surface area contributed by atoms with E-state index < -0.39 is 5.91 Å². The first-order valence-corrected chi connectivity index (χ1v) is 10.5. The summed E-state index contributed by atoms with van der Waals surface area (Å²) in [6, 6.07) is 24.3. The van der Waals surface area contributed by atoms with E-state index in [9.17, 15) is 4.79 Å². The standard InChI is InChI=1S/C26H24N4O4/c1-32-21-11-9-20(10-12-21)22-15-23(29-28-22)26(31)30-27-16-19-8-13-24(33-2)25(14-19)34-17-18-6-4-3-5-7-18/h3-16H,17H2,1-2H3,(H,28,29)(H,30,31). The fraction of sp³-hybridized carbons (Fsp3) is 0.115. The van der Waals surface area contributed by atoms with Crippen molar-refractivity contribution in [2.75, 3.05) is 14.2 Å². The first kappa shape index (κ1) is 22.6. The molecule has 8 nitrogen and oxygen atoms in total. The van der Waals surface area contributed by atoms with Crippen molar-refractivity contribution in [1.82, 2.24) is 15.6 Å². The minimum atomic E-state index is -0.405. The molecule has 172 valence electrons. The lowest BCUT2D eigenvalue weighted by molar-refractivity contribution is 0.0950. The third kappa shape index (κ3) is 5.60. The van der Waals surface area contributed by atoms with Crippen LogP contribution in [0, 0.1) is 0 Å². The SMILES string of the molecule is COc1ccc(-c2cc(C(=O)NN=Cc3ccc(OC)c(OCc4ccccc4)c3)[nH]n2)cc1. The van der Waals surface area contributed by atoms with Crippen molar-refractivity contribution in [2.24, 2.45) is 5.10 Å². The Balaban J connectivity index is 1.38. The Labute approximate surface area is 197 Å². The monoisotopic (exact) mass is 456 g/mol. The van der Waals surface area contributed by atoms with Gasteiger partial charge in [0.05, 0.1) is 26.1 Å². The molecule has 0 aliphatic heterocycles. The number of hydrazone groups is 1. The number of ether oxygens (including phenoxy) is 3. The number of aromatic amines is 1. The number of aromatic nitrogens is 2. The predicted molar refractivity (Wildman–Crippen MR) is 129 cm³/mol. The topological polar surface area (TPSA) is 97.8 Å². The van der Waals surface area contributed by atoms with Crippen LogP contribution in [-0.2, 0) is 6.61 Å². The lowest BCUT2D eigenvalue weighted by atomic mass is 10.1. The lowest BCUT2D eigenvalue weighted by Crippen LogP contribution is -2.18. The minimum absolute atomic E-state index is 0.296. The molecule has 0 fully saturated rings. The van der Waals surface area contributed by atoms with Crippen LogP contribution in [0.15, 0.2) is 84.0 Å². The molecular weight excluding hydrogens is 432 g/mol. The number of carbonyl (C=O) groups is 1. The number of rotatable bonds is 9. The molecule has 0 atom stereocenters. The zero-order valence-electron chi connectivity index (χ0n) is 18.8. The quantitative estimate of drug-likeness (QED) is 0.287. The van der Waals surface area contributed by atoms with Crippen LogP contribution in [0.4, 0.5) is 0 Å². The second-order valence-corrected chi connectivity index (χ2v) is 7.28. The maximum Gasteiger partial charge on any atom is 0.289 e. The summed E-state index contributed by atoms with van der Waals surface area (Å²) in [5.74, 6) is 1.54. The number of methoxy groups -OCH3 is 2. The molecule has 34 heavy (non-hydrogen) atoms. The summed E-state index contributed by atoms with van der Waals surface area (Å²) < 4.78 is 16.5. The van der Waals surface area contributed by atoms with Crippen molar-refractivity contribution in [3.8, 4) is 28.5 Å². The summed E-state index contributed by atoms with van der Waals surface area (Å²) in [7, 11) is 3.19. The maximum absolute atomic E-state index is 12.4. The molecule has 0 spiro atoms. The zero-order valence-corrected chi connectivity index (χ0v) is 18.8. The molecule has 0 saturated carbocycles. The van der Waals surface area contributed by atoms with E-state index in [4.69, 9.17) is 14.2 Å². The van der Waals surface area contributed by atoms with E-state index in [1.54, 1.807) is 32.4 Å². The number of hydrogen-bond acceptors (Lipinski definition) is 6. The maximum atomic E-state index is 12.4. The summed E-state index contributed by atoms with van der Waals surface area (Å²) in [6.45, 7) is 0.408. The molecule has 8 heteroatoms. The molecule has 2 N–H and O–H groups in total. The average molecular weight is 457 g/mol. The third-order valence-electron chi connectivity index (χ3n) is 5.01. The highest BCUT2D eigenvalue weighted by atomic mass is 16.5. The van der Waals surface area contributed by atoms with E-state index in [-0.39, 0.29) is 0 Å². The minimum Gasteiger partial charge on any atom is -0.497 e. The number of H-pyrrole nitrogens is 1. The number of nitrogens with one attached hydrogen (secondary N) is 2. The van der Waals surface area contributed by atoms with Crippen LogP contribution in [0.1, 0.15) is 21.6 Å². The summed E-state index contributed by atoms with van der Waals surface area (Å²) in [5, 5.41) is 11.0. The Hall–Kier alpha value is -4.59. The van der Waals surface area contributed by atoms with Crippen molar-refractivity contribution < 1.29 is 19.0 Å². The lowest BCUT2D eigenvalue weighted by Gasteiger charge is -2.11. The Morgan fingerprint density at radius 2 is 1.76 bits per heavy atom. The fourth-order valence-electron chi connectivity index (χ4n) is 3.20. The summed E-state index contributed by atoms with van der Waals surface area (Å²) in [4.78, 5) is 12.4. The van der Waals surface area contributed by atoms with Gasteiger partial charge in [-0.1, -0.05) is 30.3 Å². The highest BCUT2D eigenvalue weighted by Crippen LogP contribution is 2.28. The normalized spacial score (nSPS) is 10.8. The van der Waals surface area contributed by atoms with Gasteiger partial charge in [-0.3, -0.25) is 9.89 Å². The van der Waals surface area contributed by atoms with E-state index >= 15 is 0 Å². The van der Waals surface area contributed by atoms with Gasteiger partial charge < -0.3 is 14.2 Å². The summed E-state index contributed by atoms with van der Waals surface area (Å²) in [6.07, 6.45) is 1.54. The van der Waals surface area contributed by atoms with Crippen LogP contribution < -0.4 is 19.6 Å². The zero-order chi connectivity index (χ0) is 23.8. The van der Waals surface area contributed by atoms with Crippen molar-refractivity contribution in [2.45, 2.75) is 6.61 Å². The predicted octanol–water partition coefficient (Wildman–Crippen LogP) is 4.44. The van der Waals surface area contributed by atoms with Gasteiger partial charge in [0.25, 0.3) is 5.91 Å². The van der Waals surface area contributed by atoms with Crippen molar-refractivity contribution >= 4 is 12.1 Å². The second kappa shape index (κ2) is 10.8. The van der Waals surface area contributed by atoms with Crippen LogP contribution in [0.5, 0.6) is 17.2 Å². The van der Waals surface area contributed by atoms with Crippen LogP contribution in [-0.4, -0.2) is 36.5 Å². The Kier molecular flexibility index (Phi) is 7.19. The molecule has 1 amide bonds. The van der Waals surface area contributed by atoms with Crippen molar-refractivity contribution in [1.29, 1.82) is 0 Å². The average Bonchev–Trinajstić information content (AvgIpc) is 3.39. The second-order valence-electron chi connectivity index (χ2n) is 7.28. The molecule has 0 bridgehead atoms. The highest BCUT2D eigenvalue weighted by molar-refractivity contribution is 5.94. The Morgan fingerprint density at radius 1 is 0.971 bits per heavy atom. The molecule has 3 aromatic carbocycles. The number of nitrogens with zero attached hydrogens (tertiary/aromatic N) is 2. The van der Waals surface area contributed by atoms with E-state index in [2.05, 4.69) is 20.7 Å². The van der Waals surface area contributed by atoms with Gasteiger partial charge in [0.1, 0.15) is 18.1 Å². The number of amides is 1. The number of carbonyl (C=O) groups excluding carboxylic acids is 1. The van der Waals surface area contributed by atoms with Gasteiger partial charge in [0.2, 0.25) is 0 Å².